The van der Waals surface area contributed by atoms with Gasteiger partial charge in [-0.2, -0.15) is 13.2 Å². The van der Waals surface area contributed by atoms with Crippen molar-refractivity contribution < 1.29 is 22.8 Å². The number of hydrogen-bond donors (Lipinski definition) is 0. The van der Waals surface area contributed by atoms with Crippen LogP contribution in [0.25, 0.3) is 0 Å². The van der Waals surface area contributed by atoms with Crippen molar-refractivity contribution in [1.29, 1.82) is 0 Å². The standard InChI is InChI=1S/C13H21F3N2O2/c1-4-17(8-13(14,15)16)12(20)11(9(2)3)18-7-5-6-10(18)19/h9,11H,4-8H2,1-3H3. The molecule has 1 atom stereocenters. The number of hydrogen-bond acceptors (Lipinski definition) is 2. The Morgan fingerprint density at radius 3 is 2.35 bits per heavy atom. The highest BCUT2D eigenvalue weighted by molar-refractivity contribution is 5.88. The average Bonchev–Trinajstić information content (AvgIpc) is 2.71. The summed E-state index contributed by atoms with van der Waals surface area (Å²) in [6.45, 7) is 4.15. The van der Waals surface area contributed by atoms with Gasteiger partial charge < -0.3 is 9.80 Å². The van der Waals surface area contributed by atoms with Crippen molar-refractivity contribution in [2.75, 3.05) is 19.6 Å². The molecule has 0 aliphatic carbocycles. The number of likely N-dealkylation sites (tertiary alicyclic amines) is 1. The Balaban J connectivity index is 2.90. The second-order valence-corrected chi connectivity index (χ2v) is 5.35. The van der Waals surface area contributed by atoms with Gasteiger partial charge in [0.2, 0.25) is 11.8 Å². The van der Waals surface area contributed by atoms with E-state index < -0.39 is 24.7 Å². The Morgan fingerprint density at radius 1 is 1.40 bits per heavy atom. The van der Waals surface area contributed by atoms with E-state index >= 15 is 0 Å². The molecule has 0 radical (unpaired) electrons. The molecule has 2 amide bonds. The number of carbonyl (C=O) groups is 2. The molecular weight excluding hydrogens is 273 g/mol. The monoisotopic (exact) mass is 294 g/mol. The van der Waals surface area contributed by atoms with Gasteiger partial charge in [-0.15, -0.1) is 0 Å². The zero-order chi connectivity index (χ0) is 15.5. The summed E-state index contributed by atoms with van der Waals surface area (Å²) in [6, 6.07) is -0.799. The fourth-order valence-corrected chi connectivity index (χ4v) is 2.49. The van der Waals surface area contributed by atoms with E-state index in [1.807, 2.05) is 0 Å². The third kappa shape index (κ3) is 4.11. The van der Waals surface area contributed by atoms with Gasteiger partial charge in [-0.25, -0.2) is 0 Å². The lowest BCUT2D eigenvalue weighted by Crippen LogP contribution is -2.53. The Labute approximate surface area is 116 Å². The lowest BCUT2D eigenvalue weighted by Gasteiger charge is -2.34. The molecule has 20 heavy (non-hydrogen) atoms. The quantitative estimate of drug-likeness (QED) is 0.778. The minimum absolute atomic E-state index is 0.0242. The Bertz CT molecular complexity index is 369. The smallest absolute Gasteiger partial charge is 0.332 e. The van der Waals surface area contributed by atoms with E-state index in [4.69, 9.17) is 0 Å². The Hall–Kier alpha value is -1.27. The number of rotatable bonds is 5. The minimum Gasteiger partial charge on any atom is -0.332 e. The van der Waals surface area contributed by atoms with Crippen LogP contribution in [0.4, 0.5) is 13.2 Å². The molecule has 4 nitrogen and oxygen atoms in total. The van der Waals surface area contributed by atoms with Crippen LogP contribution in [0.5, 0.6) is 0 Å². The van der Waals surface area contributed by atoms with E-state index in [1.165, 1.54) is 11.8 Å². The van der Waals surface area contributed by atoms with Crippen molar-refractivity contribution >= 4 is 11.8 Å². The minimum atomic E-state index is -4.43. The maximum Gasteiger partial charge on any atom is 0.406 e. The molecule has 1 saturated heterocycles. The highest BCUT2D eigenvalue weighted by Gasteiger charge is 2.40. The van der Waals surface area contributed by atoms with Crippen molar-refractivity contribution in [1.82, 2.24) is 9.80 Å². The predicted octanol–water partition coefficient (Wildman–Crippen LogP) is 2.04. The van der Waals surface area contributed by atoms with Crippen LogP contribution >= 0.6 is 0 Å². The summed E-state index contributed by atoms with van der Waals surface area (Å²) in [5.41, 5.74) is 0. The fourth-order valence-electron chi connectivity index (χ4n) is 2.49. The number of alkyl halides is 3. The SMILES string of the molecule is CCN(CC(F)(F)F)C(=O)C(C(C)C)N1CCCC1=O. The summed E-state index contributed by atoms with van der Waals surface area (Å²) in [5.74, 6) is -0.984. The molecule has 1 rings (SSSR count). The van der Waals surface area contributed by atoms with Crippen LogP contribution in [-0.4, -0.2) is 53.5 Å². The number of halogens is 3. The summed E-state index contributed by atoms with van der Waals surface area (Å²) in [7, 11) is 0. The molecule has 1 fully saturated rings. The molecule has 0 aromatic heterocycles. The molecular formula is C13H21F3N2O2. The summed E-state index contributed by atoms with van der Waals surface area (Å²) in [6.07, 6.45) is -3.41. The van der Waals surface area contributed by atoms with Crippen LogP contribution in [0.2, 0.25) is 0 Å². The average molecular weight is 294 g/mol. The topological polar surface area (TPSA) is 40.6 Å². The molecule has 1 unspecified atom stereocenters. The first-order valence-electron chi connectivity index (χ1n) is 6.82. The van der Waals surface area contributed by atoms with Gasteiger partial charge in [0.15, 0.2) is 0 Å². The Morgan fingerprint density at radius 2 is 2.00 bits per heavy atom. The van der Waals surface area contributed by atoms with Gasteiger partial charge in [-0.1, -0.05) is 13.8 Å². The highest BCUT2D eigenvalue weighted by atomic mass is 19.4. The second kappa shape index (κ2) is 6.45. The van der Waals surface area contributed by atoms with E-state index in [9.17, 15) is 22.8 Å². The van der Waals surface area contributed by atoms with E-state index in [2.05, 4.69) is 0 Å². The largest absolute Gasteiger partial charge is 0.406 e. The van der Waals surface area contributed by atoms with Crippen molar-refractivity contribution in [2.24, 2.45) is 5.92 Å². The maximum absolute atomic E-state index is 12.5. The molecule has 1 heterocycles. The van der Waals surface area contributed by atoms with Crippen LogP contribution in [0.1, 0.15) is 33.6 Å². The molecule has 1 aliphatic rings. The van der Waals surface area contributed by atoms with Crippen molar-refractivity contribution in [2.45, 2.75) is 45.8 Å². The lowest BCUT2D eigenvalue weighted by molar-refractivity contribution is -0.166. The molecule has 116 valence electrons. The summed E-state index contributed by atoms with van der Waals surface area (Å²) < 4.78 is 37.5. The zero-order valence-electron chi connectivity index (χ0n) is 12.0. The molecule has 0 saturated carbocycles. The molecule has 0 spiro atoms. The zero-order valence-corrected chi connectivity index (χ0v) is 12.0. The number of nitrogens with zero attached hydrogens (tertiary/aromatic N) is 2. The van der Waals surface area contributed by atoms with Gasteiger partial charge >= 0.3 is 6.18 Å². The fraction of sp³-hybridized carbons (Fsp3) is 0.846. The first-order valence-corrected chi connectivity index (χ1v) is 6.82. The number of carbonyl (C=O) groups excluding carboxylic acids is 2. The van der Waals surface area contributed by atoms with Gasteiger partial charge in [-0.05, 0) is 19.3 Å². The Kier molecular flexibility index (Phi) is 5.42. The highest BCUT2D eigenvalue weighted by Crippen LogP contribution is 2.23. The summed E-state index contributed by atoms with van der Waals surface area (Å²) in [4.78, 5) is 26.3. The lowest BCUT2D eigenvalue weighted by atomic mass is 10.0. The maximum atomic E-state index is 12.5. The summed E-state index contributed by atoms with van der Waals surface area (Å²) >= 11 is 0. The predicted molar refractivity (Wildman–Crippen MR) is 67.9 cm³/mol. The van der Waals surface area contributed by atoms with E-state index in [1.54, 1.807) is 13.8 Å². The second-order valence-electron chi connectivity index (χ2n) is 5.35. The van der Waals surface area contributed by atoms with Gasteiger partial charge in [0.1, 0.15) is 12.6 Å². The molecule has 7 heteroatoms. The number of likely N-dealkylation sites (N-methyl/N-ethyl adjacent to an activating group) is 1. The molecule has 0 aromatic carbocycles. The molecule has 0 N–H and O–H groups in total. The van der Waals surface area contributed by atoms with Gasteiger partial charge in [-0.3, -0.25) is 9.59 Å². The molecule has 0 bridgehead atoms. The van der Waals surface area contributed by atoms with Crippen molar-refractivity contribution in [3.8, 4) is 0 Å². The van der Waals surface area contributed by atoms with Crippen LogP contribution in [0, 0.1) is 5.92 Å². The van der Waals surface area contributed by atoms with Crippen LogP contribution in [-0.2, 0) is 9.59 Å². The van der Waals surface area contributed by atoms with Crippen LogP contribution in [0.15, 0.2) is 0 Å². The van der Waals surface area contributed by atoms with E-state index in [-0.39, 0.29) is 18.4 Å². The van der Waals surface area contributed by atoms with Gasteiger partial charge in [0, 0.05) is 19.5 Å². The van der Waals surface area contributed by atoms with Crippen LogP contribution in [0.3, 0.4) is 0 Å². The molecule has 0 aromatic rings. The normalized spacial score (nSPS) is 17.8. The van der Waals surface area contributed by atoms with Gasteiger partial charge in [0.25, 0.3) is 0 Å². The summed E-state index contributed by atoms with van der Waals surface area (Å²) in [5, 5.41) is 0. The third-order valence-corrected chi connectivity index (χ3v) is 3.39. The van der Waals surface area contributed by atoms with Crippen molar-refractivity contribution in [3.63, 3.8) is 0 Å². The van der Waals surface area contributed by atoms with E-state index in [0.717, 1.165) is 4.90 Å². The first-order chi connectivity index (χ1) is 9.17. The van der Waals surface area contributed by atoms with Crippen LogP contribution < -0.4 is 0 Å². The van der Waals surface area contributed by atoms with E-state index in [0.29, 0.717) is 19.4 Å². The third-order valence-electron chi connectivity index (χ3n) is 3.39. The van der Waals surface area contributed by atoms with Gasteiger partial charge in [0.05, 0.1) is 0 Å². The van der Waals surface area contributed by atoms with Crippen molar-refractivity contribution in [3.05, 3.63) is 0 Å². The number of amides is 2. The molecule has 1 aliphatic heterocycles. The first kappa shape index (κ1) is 16.8.